The van der Waals surface area contributed by atoms with Gasteiger partial charge in [0.25, 0.3) is 0 Å². The van der Waals surface area contributed by atoms with Crippen molar-refractivity contribution in [2.24, 2.45) is 0 Å². The molecular formula is C20H25Cl2NO3. The quantitative estimate of drug-likeness (QED) is 0.637. The van der Waals surface area contributed by atoms with Crippen molar-refractivity contribution in [1.82, 2.24) is 4.90 Å². The summed E-state index contributed by atoms with van der Waals surface area (Å²) in [4.78, 5) is 2.07. The summed E-state index contributed by atoms with van der Waals surface area (Å²) in [5.41, 5.74) is 2.12. The van der Waals surface area contributed by atoms with Crippen molar-refractivity contribution in [3.8, 4) is 5.75 Å². The molecule has 0 aliphatic carbocycles. The van der Waals surface area contributed by atoms with Gasteiger partial charge in [-0.3, -0.25) is 4.90 Å². The molecule has 0 saturated heterocycles. The lowest BCUT2D eigenvalue weighted by Crippen LogP contribution is -2.36. The van der Waals surface area contributed by atoms with Crippen LogP contribution >= 0.6 is 23.2 Å². The SMILES string of the molecule is Cc1cccc(OCC(O)CN(CCCO)Cc2ccc(Cl)c(Cl)c2)c1. The largest absolute Gasteiger partial charge is 0.491 e. The van der Waals surface area contributed by atoms with E-state index < -0.39 is 6.10 Å². The molecule has 2 aromatic carbocycles. The fourth-order valence-corrected chi connectivity index (χ4v) is 2.99. The minimum Gasteiger partial charge on any atom is -0.491 e. The van der Waals surface area contributed by atoms with Crippen LogP contribution in [0.2, 0.25) is 10.0 Å². The Morgan fingerprint density at radius 2 is 1.92 bits per heavy atom. The maximum Gasteiger partial charge on any atom is 0.119 e. The standard InChI is InChI=1S/C20H25Cl2NO3/c1-15-4-2-5-18(10-15)26-14-17(25)13-23(8-3-9-24)12-16-6-7-19(21)20(22)11-16/h2,4-7,10-11,17,24-25H,3,8-9,12-14H2,1H3. The highest BCUT2D eigenvalue weighted by molar-refractivity contribution is 6.42. The van der Waals surface area contributed by atoms with Crippen LogP contribution in [0, 0.1) is 6.92 Å². The van der Waals surface area contributed by atoms with Gasteiger partial charge >= 0.3 is 0 Å². The molecule has 0 aliphatic rings. The van der Waals surface area contributed by atoms with E-state index in [0.29, 0.717) is 36.1 Å². The molecule has 0 aromatic heterocycles. The average molecular weight is 398 g/mol. The van der Waals surface area contributed by atoms with E-state index in [1.807, 2.05) is 43.3 Å². The van der Waals surface area contributed by atoms with Gasteiger partial charge in [-0.05, 0) is 48.7 Å². The zero-order valence-corrected chi connectivity index (χ0v) is 16.4. The number of benzene rings is 2. The third-order valence-electron chi connectivity index (χ3n) is 3.92. The van der Waals surface area contributed by atoms with E-state index in [-0.39, 0.29) is 13.2 Å². The molecule has 0 saturated carbocycles. The Hall–Kier alpha value is -1.30. The van der Waals surface area contributed by atoms with Gasteiger partial charge in [-0.15, -0.1) is 0 Å². The summed E-state index contributed by atoms with van der Waals surface area (Å²) in [6, 6.07) is 13.2. The normalized spacial score (nSPS) is 12.4. The molecule has 26 heavy (non-hydrogen) atoms. The predicted molar refractivity (Wildman–Crippen MR) is 106 cm³/mol. The maximum atomic E-state index is 10.3. The van der Waals surface area contributed by atoms with E-state index in [9.17, 15) is 5.11 Å². The highest BCUT2D eigenvalue weighted by atomic mass is 35.5. The summed E-state index contributed by atoms with van der Waals surface area (Å²) in [5, 5.41) is 20.5. The van der Waals surface area contributed by atoms with Gasteiger partial charge in [-0.2, -0.15) is 0 Å². The number of aliphatic hydroxyl groups is 2. The first-order chi connectivity index (χ1) is 12.5. The Morgan fingerprint density at radius 1 is 1.12 bits per heavy atom. The molecule has 1 atom stereocenters. The molecule has 0 bridgehead atoms. The topological polar surface area (TPSA) is 52.9 Å². The number of ether oxygens (including phenoxy) is 1. The zero-order valence-electron chi connectivity index (χ0n) is 14.9. The molecule has 0 radical (unpaired) electrons. The van der Waals surface area contributed by atoms with Crippen molar-refractivity contribution in [2.75, 3.05) is 26.3 Å². The Morgan fingerprint density at radius 3 is 2.62 bits per heavy atom. The fourth-order valence-electron chi connectivity index (χ4n) is 2.67. The first kappa shape index (κ1) is 21.0. The van der Waals surface area contributed by atoms with Gasteiger partial charge < -0.3 is 14.9 Å². The molecule has 4 nitrogen and oxygen atoms in total. The summed E-state index contributed by atoms with van der Waals surface area (Å²) < 4.78 is 5.67. The van der Waals surface area contributed by atoms with Crippen LogP contribution in [0.1, 0.15) is 17.5 Å². The molecular weight excluding hydrogens is 373 g/mol. The summed E-state index contributed by atoms with van der Waals surface area (Å²) in [5.74, 6) is 0.746. The minimum atomic E-state index is -0.642. The molecule has 0 spiro atoms. The third-order valence-corrected chi connectivity index (χ3v) is 4.66. The van der Waals surface area contributed by atoms with E-state index in [4.69, 9.17) is 33.0 Å². The molecule has 2 aromatic rings. The van der Waals surface area contributed by atoms with Crippen LogP contribution in [0.5, 0.6) is 5.75 Å². The van der Waals surface area contributed by atoms with Gasteiger partial charge in [0.15, 0.2) is 0 Å². The van der Waals surface area contributed by atoms with Gasteiger partial charge in [0.2, 0.25) is 0 Å². The third kappa shape index (κ3) is 7.14. The second kappa shape index (κ2) is 10.8. The summed E-state index contributed by atoms with van der Waals surface area (Å²) >= 11 is 12.0. The summed E-state index contributed by atoms with van der Waals surface area (Å²) in [6.07, 6.45) is -0.00996. The Labute approximate surface area is 164 Å². The van der Waals surface area contributed by atoms with Crippen LogP contribution < -0.4 is 4.74 Å². The monoisotopic (exact) mass is 397 g/mol. The van der Waals surface area contributed by atoms with E-state index >= 15 is 0 Å². The zero-order chi connectivity index (χ0) is 18.9. The number of halogens is 2. The summed E-state index contributed by atoms with van der Waals surface area (Å²) in [6.45, 7) is 4.02. The van der Waals surface area contributed by atoms with Crippen molar-refractivity contribution in [3.05, 3.63) is 63.6 Å². The van der Waals surface area contributed by atoms with Gasteiger partial charge in [0.05, 0.1) is 10.0 Å². The molecule has 0 heterocycles. The average Bonchev–Trinajstić information content (AvgIpc) is 2.61. The highest BCUT2D eigenvalue weighted by Gasteiger charge is 2.14. The van der Waals surface area contributed by atoms with E-state index in [2.05, 4.69) is 4.90 Å². The highest BCUT2D eigenvalue weighted by Crippen LogP contribution is 2.23. The number of nitrogens with zero attached hydrogens (tertiary/aromatic N) is 1. The van der Waals surface area contributed by atoms with Crippen LogP contribution in [-0.4, -0.2) is 47.5 Å². The smallest absolute Gasteiger partial charge is 0.119 e. The lowest BCUT2D eigenvalue weighted by molar-refractivity contribution is 0.0632. The van der Waals surface area contributed by atoms with Crippen LogP contribution in [0.3, 0.4) is 0 Å². The van der Waals surface area contributed by atoms with Crippen molar-refractivity contribution in [1.29, 1.82) is 0 Å². The van der Waals surface area contributed by atoms with E-state index in [0.717, 1.165) is 16.9 Å². The number of hydrogen-bond acceptors (Lipinski definition) is 4. The van der Waals surface area contributed by atoms with Crippen LogP contribution in [0.4, 0.5) is 0 Å². The second-order valence-corrected chi connectivity index (χ2v) is 7.16. The second-order valence-electron chi connectivity index (χ2n) is 6.34. The fraction of sp³-hybridized carbons (Fsp3) is 0.400. The molecule has 0 fully saturated rings. The lowest BCUT2D eigenvalue weighted by atomic mass is 10.2. The lowest BCUT2D eigenvalue weighted by Gasteiger charge is -2.25. The maximum absolute atomic E-state index is 10.3. The Balaban J connectivity index is 1.91. The van der Waals surface area contributed by atoms with Crippen LogP contribution in [0.25, 0.3) is 0 Å². The number of hydrogen-bond donors (Lipinski definition) is 2. The predicted octanol–water partition coefficient (Wildman–Crippen LogP) is 3.93. The van der Waals surface area contributed by atoms with Gasteiger partial charge in [0.1, 0.15) is 18.5 Å². The van der Waals surface area contributed by atoms with Crippen LogP contribution in [0.15, 0.2) is 42.5 Å². The Kier molecular flexibility index (Phi) is 8.69. The Bertz CT molecular complexity index is 697. The van der Waals surface area contributed by atoms with Gasteiger partial charge in [-0.1, -0.05) is 41.4 Å². The van der Waals surface area contributed by atoms with Crippen molar-refractivity contribution >= 4 is 23.2 Å². The van der Waals surface area contributed by atoms with Crippen molar-refractivity contribution in [3.63, 3.8) is 0 Å². The van der Waals surface area contributed by atoms with Gasteiger partial charge in [-0.25, -0.2) is 0 Å². The first-order valence-electron chi connectivity index (χ1n) is 8.62. The molecule has 2 N–H and O–H groups in total. The van der Waals surface area contributed by atoms with Crippen molar-refractivity contribution in [2.45, 2.75) is 26.0 Å². The number of rotatable bonds is 10. The first-order valence-corrected chi connectivity index (χ1v) is 9.38. The minimum absolute atomic E-state index is 0.105. The molecule has 0 aliphatic heterocycles. The molecule has 0 amide bonds. The van der Waals surface area contributed by atoms with E-state index in [1.54, 1.807) is 6.07 Å². The number of aryl methyl sites for hydroxylation is 1. The summed E-state index contributed by atoms with van der Waals surface area (Å²) in [7, 11) is 0. The van der Waals surface area contributed by atoms with E-state index in [1.165, 1.54) is 0 Å². The van der Waals surface area contributed by atoms with Crippen LogP contribution in [-0.2, 0) is 6.54 Å². The molecule has 142 valence electrons. The van der Waals surface area contributed by atoms with Gasteiger partial charge in [0, 0.05) is 26.2 Å². The van der Waals surface area contributed by atoms with Crippen molar-refractivity contribution < 1.29 is 14.9 Å². The number of aliphatic hydroxyl groups excluding tert-OH is 2. The molecule has 1 unspecified atom stereocenters. The molecule has 6 heteroatoms. The molecule has 2 rings (SSSR count).